The molecule has 1 saturated heterocycles. The quantitative estimate of drug-likeness (QED) is 0.567. The topological polar surface area (TPSA) is 32.7 Å². The molecule has 1 amide bonds. The number of amidine groups is 1. The molecule has 0 aromatic heterocycles. The number of carbonyl (C=O) groups excluding carboxylic acids is 1. The number of benzene rings is 2. The van der Waals surface area contributed by atoms with Crippen LogP contribution in [0.25, 0.3) is 6.08 Å². The Hall–Kier alpha value is -1.75. The number of hydrogen-bond donors (Lipinski definition) is 0. The van der Waals surface area contributed by atoms with Crippen LogP contribution in [0.5, 0.6) is 0 Å². The van der Waals surface area contributed by atoms with E-state index in [9.17, 15) is 4.79 Å². The van der Waals surface area contributed by atoms with Crippen molar-refractivity contribution in [3.05, 3.63) is 68.0 Å². The van der Waals surface area contributed by atoms with Gasteiger partial charge in [-0.1, -0.05) is 41.4 Å². The van der Waals surface area contributed by atoms with Crippen molar-refractivity contribution in [3.8, 4) is 0 Å². The summed E-state index contributed by atoms with van der Waals surface area (Å²) in [6, 6.07) is 11.4. The molecule has 0 spiro atoms. The lowest BCUT2D eigenvalue weighted by Gasteiger charge is -2.12. The average molecular weight is 405 g/mol. The molecule has 1 aliphatic heterocycles. The van der Waals surface area contributed by atoms with Crippen molar-refractivity contribution in [2.24, 2.45) is 4.99 Å². The summed E-state index contributed by atoms with van der Waals surface area (Å²) in [6.45, 7) is 6.60. The normalized spacial score (nSPS) is 17.6. The lowest BCUT2D eigenvalue weighted by molar-refractivity contribution is -0.122. The van der Waals surface area contributed by atoms with Crippen molar-refractivity contribution in [2.75, 3.05) is 6.54 Å². The van der Waals surface area contributed by atoms with Gasteiger partial charge in [0, 0.05) is 6.54 Å². The number of hydrogen-bond acceptors (Lipinski definition) is 3. The highest BCUT2D eigenvalue weighted by atomic mass is 35.5. The highest BCUT2D eigenvalue weighted by molar-refractivity contribution is 8.18. The smallest absolute Gasteiger partial charge is 0.266 e. The number of aliphatic imine (C=N–C) groups is 1. The van der Waals surface area contributed by atoms with Crippen LogP contribution in [0, 0.1) is 13.8 Å². The fourth-order valence-electron chi connectivity index (χ4n) is 2.55. The molecule has 2 aromatic carbocycles. The SMILES string of the molecule is CCN1C(=O)/C(=C\c2cccc(Cl)c2Cl)SC1=Nc1ccc(C)c(C)c1. The van der Waals surface area contributed by atoms with E-state index in [1.165, 1.54) is 22.9 Å². The molecular formula is C20H18Cl2N2OS. The first-order valence-electron chi connectivity index (χ1n) is 8.22. The molecule has 1 fully saturated rings. The molecule has 26 heavy (non-hydrogen) atoms. The molecule has 3 rings (SSSR count). The Morgan fingerprint density at radius 3 is 2.62 bits per heavy atom. The Balaban J connectivity index is 1.97. The molecule has 134 valence electrons. The van der Waals surface area contributed by atoms with Gasteiger partial charge in [-0.3, -0.25) is 9.69 Å². The molecule has 0 saturated carbocycles. The van der Waals surface area contributed by atoms with Crippen molar-refractivity contribution >= 4 is 57.8 Å². The van der Waals surface area contributed by atoms with Gasteiger partial charge in [-0.25, -0.2) is 4.99 Å². The third-order valence-electron chi connectivity index (χ3n) is 4.19. The number of nitrogens with zero attached hydrogens (tertiary/aromatic N) is 2. The molecule has 2 aromatic rings. The Labute approximate surface area is 167 Å². The van der Waals surface area contributed by atoms with E-state index in [0.29, 0.717) is 26.7 Å². The number of amides is 1. The van der Waals surface area contributed by atoms with Gasteiger partial charge < -0.3 is 0 Å². The minimum atomic E-state index is -0.0730. The van der Waals surface area contributed by atoms with Gasteiger partial charge in [0.2, 0.25) is 0 Å². The second-order valence-electron chi connectivity index (χ2n) is 5.97. The van der Waals surface area contributed by atoms with Gasteiger partial charge >= 0.3 is 0 Å². The van der Waals surface area contributed by atoms with Crippen molar-refractivity contribution in [1.29, 1.82) is 0 Å². The summed E-state index contributed by atoms with van der Waals surface area (Å²) >= 11 is 13.7. The van der Waals surface area contributed by atoms with Crippen molar-refractivity contribution in [3.63, 3.8) is 0 Å². The lowest BCUT2D eigenvalue weighted by atomic mass is 10.1. The van der Waals surface area contributed by atoms with Gasteiger partial charge in [0.25, 0.3) is 5.91 Å². The summed E-state index contributed by atoms with van der Waals surface area (Å²) < 4.78 is 0. The zero-order chi connectivity index (χ0) is 18.8. The lowest BCUT2D eigenvalue weighted by Crippen LogP contribution is -2.28. The van der Waals surface area contributed by atoms with E-state index in [-0.39, 0.29) is 5.91 Å². The fraction of sp³-hybridized carbons (Fsp3) is 0.200. The van der Waals surface area contributed by atoms with Gasteiger partial charge in [0.05, 0.1) is 20.6 Å². The third kappa shape index (κ3) is 3.83. The zero-order valence-electron chi connectivity index (χ0n) is 14.7. The molecule has 0 N–H and O–H groups in total. The number of thioether (sulfide) groups is 1. The van der Waals surface area contributed by atoms with Crippen molar-refractivity contribution in [1.82, 2.24) is 4.90 Å². The molecule has 3 nitrogen and oxygen atoms in total. The minimum absolute atomic E-state index is 0.0730. The number of rotatable bonds is 3. The van der Waals surface area contributed by atoms with Crippen LogP contribution in [0.1, 0.15) is 23.6 Å². The van der Waals surface area contributed by atoms with Crippen molar-refractivity contribution < 1.29 is 4.79 Å². The summed E-state index contributed by atoms with van der Waals surface area (Å²) in [5.41, 5.74) is 3.95. The van der Waals surface area contributed by atoms with Crippen LogP contribution >= 0.6 is 35.0 Å². The summed E-state index contributed by atoms with van der Waals surface area (Å²) in [4.78, 5) is 19.7. The second-order valence-corrected chi connectivity index (χ2v) is 7.76. The van der Waals surface area contributed by atoms with Crippen molar-refractivity contribution in [2.45, 2.75) is 20.8 Å². The monoisotopic (exact) mass is 404 g/mol. The third-order valence-corrected chi connectivity index (χ3v) is 6.03. The van der Waals surface area contributed by atoms with Crippen LogP contribution in [0.4, 0.5) is 5.69 Å². The van der Waals surface area contributed by atoms with Gasteiger partial charge in [-0.15, -0.1) is 0 Å². The van der Waals surface area contributed by atoms with E-state index >= 15 is 0 Å². The fourth-order valence-corrected chi connectivity index (χ4v) is 3.96. The highest BCUT2D eigenvalue weighted by Gasteiger charge is 2.32. The molecule has 1 aliphatic rings. The van der Waals surface area contributed by atoms with E-state index in [1.54, 1.807) is 17.0 Å². The largest absolute Gasteiger partial charge is 0.287 e. The number of likely N-dealkylation sites (N-methyl/N-ethyl adjacent to an activating group) is 1. The van der Waals surface area contributed by atoms with Crippen LogP contribution in [0.3, 0.4) is 0 Å². The maximum atomic E-state index is 12.7. The van der Waals surface area contributed by atoms with Crippen LogP contribution in [-0.2, 0) is 4.79 Å². The van der Waals surface area contributed by atoms with Crippen LogP contribution < -0.4 is 0 Å². The Morgan fingerprint density at radius 2 is 1.92 bits per heavy atom. The molecule has 1 heterocycles. The van der Waals surface area contributed by atoms with E-state index < -0.39 is 0 Å². The molecule has 6 heteroatoms. The molecule has 0 aliphatic carbocycles. The van der Waals surface area contributed by atoms with Crippen LogP contribution in [0.15, 0.2) is 46.3 Å². The predicted molar refractivity (Wildman–Crippen MR) is 112 cm³/mol. The first-order valence-corrected chi connectivity index (χ1v) is 9.79. The van der Waals surface area contributed by atoms with Gasteiger partial charge in [0.1, 0.15) is 0 Å². The van der Waals surface area contributed by atoms with E-state index in [2.05, 4.69) is 18.8 Å². The first kappa shape index (κ1) is 19.0. The maximum absolute atomic E-state index is 12.7. The van der Waals surface area contributed by atoms with Gasteiger partial charge in [0.15, 0.2) is 5.17 Å². The predicted octanol–water partition coefficient (Wildman–Crippen LogP) is 6.23. The average Bonchev–Trinajstić information content (AvgIpc) is 2.90. The Kier molecular flexibility index (Phi) is 5.76. The summed E-state index contributed by atoms with van der Waals surface area (Å²) in [6.07, 6.45) is 1.77. The standard InChI is InChI=1S/C20H18Cl2N2OS/c1-4-24-19(25)17(11-14-6-5-7-16(21)18(14)22)26-20(24)23-15-9-8-12(2)13(3)10-15/h5-11H,4H2,1-3H3/b17-11+,23-20?. The Morgan fingerprint density at radius 1 is 1.15 bits per heavy atom. The van der Waals surface area contributed by atoms with E-state index in [4.69, 9.17) is 23.2 Å². The Bertz CT molecular complexity index is 937. The first-order chi connectivity index (χ1) is 12.4. The van der Waals surface area contributed by atoms with Gasteiger partial charge in [-0.05, 0) is 73.5 Å². The maximum Gasteiger partial charge on any atom is 0.266 e. The summed E-state index contributed by atoms with van der Waals surface area (Å²) in [5, 5.41) is 1.58. The second kappa shape index (κ2) is 7.87. The zero-order valence-corrected chi connectivity index (χ0v) is 17.0. The molecule has 0 atom stereocenters. The highest BCUT2D eigenvalue weighted by Crippen LogP contribution is 2.36. The summed E-state index contributed by atoms with van der Waals surface area (Å²) in [5.74, 6) is -0.0730. The van der Waals surface area contributed by atoms with E-state index in [1.807, 2.05) is 37.3 Å². The molecule has 0 bridgehead atoms. The number of carbonyl (C=O) groups is 1. The molecule has 0 unspecified atom stereocenters. The number of halogens is 2. The molecule has 0 radical (unpaired) electrons. The number of aryl methyl sites for hydroxylation is 2. The minimum Gasteiger partial charge on any atom is -0.287 e. The van der Waals surface area contributed by atoms with Gasteiger partial charge in [-0.2, -0.15) is 0 Å². The molecular weight excluding hydrogens is 387 g/mol. The van der Waals surface area contributed by atoms with Crippen LogP contribution in [0.2, 0.25) is 10.0 Å². The van der Waals surface area contributed by atoms with Crippen LogP contribution in [-0.4, -0.2) is 22.5 Å². The van der Waals surface area contributed by atoms with E-state index in [0.717, 1.165) is 11.3 Å². The summed E-state index contributed by atoms with van der Waals surface area (Å²) in [7, 11) is 0.